The van der Waals surface area contributed by atoms with Crippen molar-refractivity contribution in [2.45, 2.75) is 57.7 Å². The number of carboxylic acid groups (broad SMARTS) is 1. The van der Waals surface area contributed by atoms with Crippen LogP contribution >= 0.6 is 0 Å². The first-order chi connectivity index (χ1) is 15.4. The molecule has 1 saturated heterocycles. The van der Waals surface area contributed by atoms with E-state index in [1.165, 1.54) is 9.47 Å². The SMILES string of the molecule is CC(C)(C)OC(=O)NC1CCN(c2c(F)c(F)c3c(=O)c(C(=O)O)cn(C4CC4)c3c2F)C1. The number of ether oxygens (including phenoxy) is 1. The third-order valence-corrected chi connectivity index (χ3v) is 5.67. The van der Waals surface area contributed by atoms with Crippen LogP contribution in [0.3, 0.4) is 0 Å². The van der Waals surface area contributed by atoms with Crippen molar-refractivity contribution in [3.8, 4) is 0 Å². The van der Waals surface area contributed by atoms with Crippen LogP contribution in [0.1, 0.15) is 56.4 Å². The number of pyridine rings is 1. The summed E-state index contributed by atoms with van der Waals surface area (Å²) < 4.78 is 52.2. The molecule has 2 heterocycles. The third kappa shape index (κ3) is 4.23. The maximum absolute atomic E-state index is 15.7. The minimum atomic E-state index is -1.60. The molecule has 2 N–H and O–H groups in total. The van der Waals surface area contributed by atoms with Crippen molar-refractivity contribution in [2.75, 3.05) is 18.0 Å². The normalized spacial score (nSPS) is 18.6. The van der Waals surface area contributed by atoms with Gasteiger partial charge in [-0.25, -0.2) is 22.8 Å². The smallest absolute Gasteiger partial charge is 0.407 e. The predicted octanol–water partition coefficient (Wildman–Crippen LogP) is 3.56. The topological polar surface area (TPSA) is 101 Å². The van der Waals surface area contributed by atoms with Crippen LogP contribution in [0.5, 0.6) is 0 Å². The molecule has 33 heavy (non-hydrogen) atoms. The Balaban J connectivity index is 1.75. The lowest BCUT2D eigenvalue weighted by Crippen LogP contribution is -2.40. The number of aromatic nitrogens is 1. The van der Waals surface area contributed by atoms with Gasteiger partial charge in [0.25, 0.3) is 0 Å². The van der Waals surface area contributed by atoms with Gasteiger partial charge in [-0.05, 0) is 40.0 Å². The molecule has 2 fully saturated rings. The summed E-state index contributed by atoms with van der Waals surface area (Å²) in [7, 11) is 0. The minimum Gasteiger partial charge on any atom is -0.477 e. The van der Waals surface area contributed by atoms with Crippen LogP contribution in [0.2, 0.25) is 0 Å². The van der Waals surface area contributed by atoms with Crippen molar-refractivity contribution in [1.82, 2.24) is 9.88 Å². The van der Waals surface area contributed by atoms with Gasteiger partial charge in [0.2, 0.25) is 5.43 Å². The molecule has 0 spiro atoms. The highest BCUT2D eigenvalue weighted by molar-refractivity contribution is 5.94. The summed E-state index contributed by atoms with van der Waals surface area (Å²) in [6, 6.07) is -0.795. The number of amides is 1. The molecule has 1 unspecified atom stereocenters. The Bertz CT molecular complexity index is 1220. The summed E-state index contributed by atoms with van der Waals surface area (Å²) in [5.74, 6) is -5.90. The molecular formula is C22H24F3N3O5. The summed E-state index contributed by atoms with van der Waals surface area (Å²) in [4.78, 5) is 37.3. The molecule has 1 aromatic heterocycles. The number of hydrogen-bond donors (Lipinski definition) is 2. The lowest BCUT2D eigenvalue weighted by Gasteiger charge is -2.24. The van der Waals surface area contributed by atoms with Gasteiger partial charge in [-0.2, -0.15) is 0 Å². The van der Waals surface area contributed by atoms with Crippen molar-refractivity contribution < 1.29 is 32.6 Å². The first-order valence-corrected chi connectivity index (χ1v) is 10.6. The molecule has 11 heteroatoms. The van der Waals surface area contributed by atoms with E-state index in [9.17, 15) is 19.5 Å². The predicted molar refractivity (Wildman–Crippen MR) is 113 cm³/mol. The Labute approximate surface area is 186 Å². The average molecular weight is 467 g/mol. The quantitative estimate of drug-likeness (QED) is 0.667. The van der Waals surface area contributed by atoms with Crippen LogP contribution in [0.4, 0.5) is 23.7 Å². The second kappa shape index (κ2) is 7.96. The van der Waals surface area contributed by atoms with Gasteiger partial charge in [0.1, 0.15) is 16.9 Å². The molecule has 1 aliphatic carbocycles. The van der Waals surface area contributed by atoms with Crippen LogP contribution in [0.25, 0.3) is 10.9 Å². The summed E-state index contributed by atoms with van der Waals surface area (Å²) in [6.07, 6.45) is 1.84. The monoisotopic (exact) mass is 467 g/mol. The number of benzene rings is 1. The molecule has 1 amide bonds. The molecule has 1 atom stereocenters. The van der Waals surface area contributed by atoms with E-state index in [-0.39, 0.29) is 19.1 Å². The molecule has 178 valence electrons. The van der Waals surface area contributed by atoms with Crippen LogP contribution in [-0.4, -0.2) is 46.5 Å². The fourth-order valence-electron chi connectivity index (χ4n) is 4.11. The van der Waals surface area contributed by atoms with Gasteiger partial charge in [0, 0.05) is 25.3 Å². The summed E-state index contributed by atoms with van der Waals surface area (Å²) in [5, 5.41) is 11.0. The van der Waals surface area contributed by atoms with Crippen molar-refractivity contribution >= 4 is 28.7 Å². The average Bonchev–Trinajstić information content (AvgIpc) is 3.44. The molecular weight excluding hydrogens is 443 g/mol. The maximum Gasteiger partial charge on any atom is 0.407 e. The Morgan fingerprint density at radius 3 is 2.36 bits per heavy atom. The molecule has 1 saturated carbocycles. The van der Waals surface area contributed by atoms with Gasteiger partial charge in [-0.15, -0.1) is 0 Å². The zero-order valence-electron chi connectivity index (χ0n) is 18.4. The van der Waals surface area contributed by atoms with E-state index in [1.54, 1.807) is 20.8 Å². The Morgan fingerprint density at radius 2 is 1.79 bits per heavy atom. The van der Waals surface area contributed by atoms with E-state index in [2.05, 4.69) is 5.32 Å². The first-order valence-electron chi connectivity index (χ1n) is 10.6. The number of hydrogen-bond acceptors (Lipinski definition) is 5. The summed E-state index contributed by atoms with van der Waals surface area (Å²) in [6.45, 7) is 5.22. The number of carbonyl (C=O) groups is 2. The molecule has 2 aromatic rings. The Morgan fingerprint density at radius 1 is 1.12 bits per heavy atom. The zero-order valence-corrected chi connectivity index (χ0v) is 18.4. The van der Waals surface area contributed by atoms with Gasteiger partial charge < -0.3 is 24.6 Å². The van der Waals surface area contributed by atoms with Crippen LogP contribution in [-0.2, 0) is 4.74 Å². The van der Waals surface area contributed by atoms with Gasteiger partial charge in [0.05, 0.1) is 16.9 Å². The molecule has 0 bridgehead atoms. The van der Waals surface area contributed by atoms with E-state index in [4.69, 9.17) is 4.74 Å². The fraction of sp³-hybridized carbons (Fsp3) is 0.500. The lowest BCUT2D eigenvalue weighted by atomic mass is 10.1. The highest BCUT2D eigenvalue weighted by Crippen LogP contribution is 2.41. The van der Waals surface area contributed by atoms with Crippen LogP contribution in [0.15, 0.2) is 11.0 Å². The first kappa shape index (κ1) is 22.9. The molecule has 1 aromatic carbocycles. The number of halogens is 3. The number of aromatic carboxylic acids is 1. The van der Waals surface area contributed by atoms with Crippen molar-refractivity contribution in [3.63, 3.8) is 0 Å². The Hall–Kier alpha value is -3.24. The lowest BCUT2D eigenvalue weighted by molar-refractivity contribution is 0.0508. The van der Waals surface area contributed by atoms with Gasteiger partial charge >= 0.3 is 12.1 Å². The van der Waals surface area contributed by atoms with Gasteiger partial charge in [0.15, 0.2) is 17.5 Å². The van der Waals surface area contributed by atoms with E-state index in [0.717, 1.165) is 6.20 Å². The Kier molecular flexibility index (Phi) is 5.53. The van der Waals surface area contributed by atoms with Crippen molar-refractivity contribution in [1.29, 1.82) is 0 Å². The number of alkyl carbamates (subject to hydrolysis) is 1. The summed E-state index contributed by atoms with van der Waals surface area (Å²) >= 11 is 0. The number of fused-ring (bicyclic) bond motifs is 1. The number of anilines is 1. The highest BCUT2D eigenvalue weighted by Gasteiger charge is 2.36. The summed E-state index contributed by atoms with van der Waals surface area (Å²) in [5.41, 5.74) is -3.84. The third-order valence-electron chi connectivity index (χ3n) is 5.67. The molecule has 0 radical (unpaired) electrons. The number of nitrogens with one attached hydrogen (secondary N) is 1. The van der Waals surface area contributed by atoms with E-state index >= 15 is 13.2 Å². The maximum atomic E-state index is 15.7. The second-order valence-corrected chi connectivity index (χ2v) is 9.41. The van der Waals surface area contributed by atoms with Gasteiger partial charge in [-0.3, -0.25) is 4.79 Å². The molecule has 8 nitrogen and oxygen atoms in total. The van der Waals surface area contributed by atoms with Crippen LogP contribution in [0, 0.1) is 17.5 Å². The minimum absolute atomic E-state index is 0.00109. The highest BCUT2D eigenvalue weighted by atomic mass is 19.2. The van der Waals surface area contributed by atoms with E-state index in [1.807, 2.05) is 0 Å². The number of rotatable bonds is 4. The number of carbonyl (C=O) groups excluding carboxylic acids is 1. The molecule has 4 rings (SSSR count). The number of nitrogens with zero attached hydrogens (tertiary/aromatic N) is 2. The largest absolute Gasteiger partial charge is 0.477 e. The zero-order chi connectivity index (χ0) is 24.2. The van der Waals surface area contributed by atoms with Crippen molar-refractivity contribution in [3.05, 3.63) is 39.4 Å². The van der Waals surface area contributed by atoms with E-state index < -0.39 is 68.7 Å². The second-order valence-electron chi connectivity index (χ2n) is 9.41. The molecule has 1 aliphatic heterocycles. The molecule has 2 aliphatic rings. The van der Waals surface area contributed by atoms with Crippen molar-refractivity contribution in [2.24, 2.45) is 0 Å². The van der Waals surface area contributed by atoms with Gasteiger partial charge in [-0.1, -0.05) is 0 Å². The van der Waals surface area contributed by atoms with Crippen LogP contribution < -0.4 is 15.6 Å². The fourth-order valence-corrected chi connectivity index (χ4v) is 4.11. The standard InChI is InChI=1S/C22H24F3N3O5/c1-22(2,3)33-21(32)26-10-6-7-27(8-10)18-15(24)14(23)13-17(16(18)25)28(11-4-5-11)9-12(19(13)29)20(30)31/h9-11H,4-8H2,1-3H3,(H,26,32)(H,30,31). The number of carboxylic acids is 1. The van der Waals surface area contributed by atoms with E-state index in [0.29, 0.717) is 19.3 Å².